The van der Waals surface area contributed by atoms with Gasteiger partial charge in [-0.25, -0.2) is 0 Å². The van der Waals surface area contributed by atoms with Gasteiger partial charge in [0.25, 0.3) is 0 Å². The minimum Gasteiger partial charge on any atom is -0.355 e. The molecule has 1 N–H and O–H groups in total. The quantitative estimate of drug-likeness (QED) is 0.891. The summed E-state index contributed by atoms with van der Waals surface area (Å²) in [5, 5.41) is 3.19. The average molecular weight is 329 g/mol. The van der Waals surface area contributed by atoms with Gasteiger partial charge in [-0.2, -0.15) is 0 Å². The molecule has 2 aliphatic rings. The van der Waals surface area contributed by atoms with Gasteiger partial charge < -0.3 is 5.32 Å². The minimum absolute atomic E-state index is 0.240. The molecule has 0 aromatic heterocycles. The van der Waals surface area contributed by atoms with E-state index in [4.69, 9.17) is 0 Å². The van der Waals surface area contributed by atoms with Crippen LogP contribution in [0.1, 0.15) is 61.6 Å². The Morgan fingerprint density at radius 1 is 1.25 bits per heavy atom. The molecule has 1 fully saturated rings. The maximum atomic E-state index is 12.2. The van der Waals surface area contributed by atoms with Gasteiger partial charge in [-0.15, -0.1) is 0 Å². The van der Waals surface area contributed by atoms with Gasteiger partial charge in [0.2, 0.25) is 5.91 Å². The van der Waals surface area contributed by atoms with E-state index in [9.17, 15) is 4.79 Å². The molecule has 1 heterocycles. The molecule has 1 aromatic carbocycles. The Labute approximate surface area is 146 Å². The number of rotatable bonds is 5. The van der Waals surface area contributed by atoms with Gasteiger partial charge in [-0.3, -0.25) is 9.69 Å². The summed E-state index contributed by atoms with van der Waals surface area (Å²) >= 11 is 0. The number of fused-ring (bicyclic) bond motifs is 1. The molecule has 24 heavy (non-hydrogen) atoms. The van der Waals surface area contributed by atoms with Crippen molar-refractivity contribution < 1.29 is 4.79 Å². The highest BCUT2D eigenvalue weighted by Crippen LogP contribution is 2.27. The lowest BCUT2D eigenvalue weighted by atomic mass is 9.86. The van der Waals surface area contributed by atoms with Crippen molar-refractivity contribution in [1.82, 2.24) is 10.2 Å². The molecule has 0 bridgehead atoms. The fourth-order valence-corrected chi connectivity index (χ4v) is 4.35. The molecule has 1 amide bonds. The highest BCUT2D eigenvalue weighted by Gasteiger charge is 2.24. The van der Waals surface area contributed by atoms with Crippen LogP contribution < -0.4 is 5.32 Å². The van der Waals surface area contributed by atoms with Gasteiger partial charge in [0, 0.05) is 25.6 Å². The Bertz CT molecular complexity index is 563. The lowest BCUT2D eigenvalue weighted by molar-refractivity contribution is -0.121. The zero-order chi connectivity index (χ0) is 16.9. The number of nitrogens with one attached hydrogen (secondary N) is 1. The summed E-state index contributed by atoms with van der Waals surface area (Å²) in [4.78, 5) is 14.6. The van der Waals surface area contributed by atoms with Crippen LogP contribution in [-0.2, 0) is 17.8 Å². The van der Waals surface area contributed by atoms with E-state index in [1.54, 1.807) is 0 Å². The number of nitrogens with zero attached hydrogens (tertiary/aromatic N) is 1. The van der Waals surface area contributed by atoms with Crippen molar-refractivity contribution in [2.75, 3.05) is 13.6 Å². The number of carbonyl (C=O) groups is 1. The number of hydrogen-bond donors (Lipinski definition) is 1. The summed E-state index contributed by atoms with van der Waals surface area (Å²) < 4.78 is 0. The molecule has 3 rings (SSSR count). The van der Waals surface area contributed by atoms with Crippen molar-refractivity contribution in [1.29, 1.82) is 0 Å². The van der Waals surface area contributed by atoms with Gasteiger partial charge >= 0.3 is 0 Å². The molecule has 1 saturated carbocycles. The van der Waals surface area contributed by atoms with E-state index in [1.165, 1.54) is 48.8 Å². The van der Waals surface area contributed by atoms with E-state index in [0.29, 0.717) is 12.5 Å². The van der Waals surface area contributed by atoms with Crippen molar-refractivity contribution in [2.24, 2.45) is 5.92 Å². The minimum atomic E-state index is 0.240. The molecular formula is C21H32N2O. The summed E-state index contributed by atoms with van der Waals surface area (Å²) in [6.45, 7) is 3.96. The molecule has 1 aromatic rings. The highest BCUT2D eigenvalue weighted by atomic mass is 16.1. The van der Waals surface area contributed by atoms with Crippen LogP contribution in [0.15, 0.2) is 18.2 Å². The third kappa shape index (κ3) is 4.38. The van der Waals surface area contributed by atoms with E-state index in [0.717, 1.165) is 31.8 Å². The van der Waals surface area contributed by atoms with Gasteiger partial charge in [-0.1, -0.05) is 50.3 Å². The van der Waals surface area contributed by atoms with Gasteiger partial charge in [0.1, 0.15) is 0 Å². The smallest absolute Gasteiger partial charge is 0.220 e. The molecule has 3 heteroatoms. The SMILES string of the molecule is Cc1cccc2c1C[C@@H](CNC(=O)CCC1CCCCC1)N(C)C2. The Morgan fingerprint density at radius 2 is 2.04 bits per heavy atom. The maximum absolute atomic E-state index is 12.2. The lowest BCUT2D eigenvalue weighted by Gasteiger charge is -2.35. The van der Waals surface area contributed by atoms with Gasteiger partial charge in [-0.05, 0) is 49.4 Å². The first kappa shape index (κ1) is 17.5. The average Bonchev–Trinajstić information content (AvgIpc) is 2.59. The van der Waals surface area contributed by atoms with Crippen molar-refractivity contribution >= 4 is 5.91 Å². The predicted molar refractivity (Wildman–Crippen MR) is 99.0 cm³/mol. The molecule has 3 nitrogen and oxygen atoms in total. The van der Waals surface area contributed by atoms with Crippen LogP contribution in [0.25, 0.3) is 0 Å². The summed E-state index contributed by atoms with van der Waals surface area (Å²) in [5.74, 6) is 1.03. The molecule has 1 aliphatic carbocycles. The number of amides is 1. The largest absolute Gasteiger partial charge is 0.355 e. The second-order valence-corrected chi connectivity index (χ2v) is 7.83. The van der Waals surface area contributed by atoms with Gasteiger partial charge in [0.15, 0.2) is 0 Å². The van der Waals surface area contributed by atoms with E-state index < -0.39 is 0 Å². The van der Waals surface area contributed by atoms with E-state index in [2.05, 4.69) is 42.4 Å². The van der Waals surface area contributed by atoms with Crippen LogP contribution in [0.3, 0.4) is 0 Å². The standard InChI is InChI=1S/C21H32N2O/c1-16-7-6-10-18-15-23(2)19(13-20(16)18)14-22-21(24)12-11-17-8-4-3-5-9-17/h6-7,10,17,19H,3-5,8-9,11-15H2,1-2H3,(H,22,24)/t19-/m0/s1. The van der Waals surface area contributed by atoms with Crippen LogP contribution in [0.2, 0.25) is 0 Å². The summed E-state index contributed by atoms with van der Waals surface area (Å²) in [6, 6.07) is 6.99. The molecule has 1 aliphatic heterocycles. The Morgan fingerprint density at radius 3 is 2.83 bits per heavy atom. The Balaban J connectivity index is 1.46. The molecule has 0 radical (unpaired) electrons. The Hall–Kier alpha value is -1.35. The number of likely N-dealkylation sites (N-methyl/N-ethyl adjacent to an activating group) is 1. The first-order chi connectivity index (χ1) is 11.6. The van der Waals surface area contributed by atoms with Crippen LogP contribution in [0.5, 0.6) is 0 Å². The lowest BCUT2D eigenvalue weighted by Crippen LogP contribution is -2.45. The molecular weight excluding hydrogens is 296 g/mol. The molecule has 0 spiro atoms. The summed E-state index contributed by atoms with van der Waals surface area (Å²) in [5.41, 5.74) is 4.31. The maximum Gasteiger partial charge on any atom is 0.220 e. The van der Waals surface area contributed by atoms with Crippen molar-refractivity contribution in [3.05, 3.63) is 34.9 Å². The predicted octanol–water partition coefficient (Wildman–Crippen LogP) is 3.83. The topological polar surface area (TPSA) is 32.3 Å². The highest BCUT2D eigenvalue weighted by molar-refractivity contribution is 5.75. The fourth-order valence-electron chi connectivity index (χ4n) is 4.35. The monoisotopic (exact) mass is 328 g/mol. The molecule has 132 valence electrons. The number of carbonyl (C=O) groups excluding carboxylic acids is 1. The number of benzene rings is 1. The van der Waals surface area contributed by atoms with E-state index >= 15 is 0 Å². The zero-order valence-corrected chi connectivity index (χ0v) is 15.3. The molecule has 0 saturated heterocycles. The van der Waals surface area contributed by atoms with Crippen LogP contribution >= 0.6 is 0 Å². The fraction of sp³-hybridized carbons (Fsp3) is 0.667. The van der Waals surface area contributed by atoms with Crippen molar-refractivity contribution in [3.8, 4) is 0 Å². The van der Waals surface area contributed by atoms with Crippen LogP contribution in [0.4, 0.5) is 0 Å². The second-order valence-electron chi connectivity index (χ2n) is 7.83. The third-order valence-electron chi connectivity index (χ3n) is 6.03. The zero-order valence-electron chi connectivity index (χ0n) is 15.3. The van der Waals surface area contributed by atoms with E-state index in [-0.39, 0.29) is 5.91 Å². The van der Waals surface area contributed by atoms with Crippen molar-refractivity contribution in [2.45, 2.75) is 70.9 Å². The number of hydrogen-bond acceptors (Lipinski definition) is 2. The second kappa shape index (κ2) is 8.15. The number of aryl methyl sites for hydroxylation is 1. The van der Waals surface area contributed by atoms with Crippen LogP contribution in [-0.4, -0.2) is 30.4 Å². The third-order valence-corrected chi connectivity index (χ3v) is 6.03. The van der Waals surface area contributed by atoms with Crippen LogP contribution in [0, 0.1) is 12.8 Å². The van der Waals surface area contributed by atoms with Gasteiger partial charge in [0.05, 0.1) is 0 Å². The molecule has 1 atom stereocenters. The van der Waals surface area contributed by atoms with Crippen molar-refractivity contribution in [3.63, 3.8) is 0 Å². The molecule has 0 unspecified atom stereocenters. The first-order valence-electron chi connectivity index (χ1n) is 9.68. The normalized spacial score (nSPS) is 22.2. The summed E-state index contributed by atoms with van der Waals surface area (Å²) in [7, 11) is 2.17. The van der Waals surface area contributed by atoms with E-state index in [1.807, 2.05) is 0 Å². The summed E-state index contributed by atoms with van der Waals surface area (Å²) in [6.07, 6.45) is 9.59. The Kier molecular flexibility index (Phi) is 5.94. The first-order valence-corrected chi connectivity index (χ1v) is 9.68.